The molecule has 1 aliphatic rings. The second kappa shape index (κ2) is 6.88. The average Bonchev–Trinajstić information content (AvgIpc) is 3.22. The number of carboxylic acids is 1. The quantitative estimate of drug-likeness (QED) is 0.713. The molecule has 1 aromatic carbocycles. The van der Waals surface area contributed by atoms with Gasteiger partial charge in [-0.2, -0.15) is 0 Å². The van der Waals surface area contributed by atoms with E-state index in [1.54, 1.807) is 24.3 Å². The van der Waals surface area contributed by atoms with E-state index in [2.05, 4.69) is 10.6 Å². The number of carboxylic acid groups (broad SMARTS) is 1. The second-order valence-corrected chi connectivity index (χ2v) is 5.09. The Morgan fingerprint density at radius 3 is 2.52 bits per heavy atom. The first kappa shape index (κ1) is 15.0. The molecule has 0 atom stereocenters. The van der Waals surface area contributed by atoms with E-state index in [0.717, 1.165) is 12.8 Å². The summed E-state index contributed by atoms with van der Waals surface area (Å²) in [6.45, 7) is 0. The van der Waals surface area contributed by atoms with Crippen LogP contribution in [0.4, 0.5) is 5.69 Å². The lowest BCUT2D eigenvalue weighted by Gasteiger charge is -2.11. The van der Waals surface area contributed by atoms with E-state index in [0.29, 0.717) is 11.3 Å². The zero-order valence-electron chi connectivity index (χ0n) is 11.6. The molecule has 0 spiro atoms. The molecule has 0 aliphatic heterocycles. The van der Waals surface area contributed by atoms with E-state index >= 15 is 0 Å². The summed E-state index contributed by atoms with van der Waals surface area (Å²) in [6.07, 6.45) is 2.34. The number of benzene rings is 1. The molecule has 0 bridgehead atoms. The monoisotopic (exact) mass is 290 g/mol. The van der Waals surface area contributed by atoms with Crippen molar-refractivity contribution in [3.63, 3.8) is 0 Å². The molecule has 2 rings (SSSR count). The molecule has 0 aromatic heterocycles. The van der Waals surface area contributed by atoms with Gasteiger partial charge in [0.05, 0.1) is 11.3 Å². The summed E-state index contributed by atoms with van der Waals surface area (Å²) in [5, 5.41) is 14.1. The molecule has 0 unspecified atom stereocenters. The summed E-state index contributed by atoms with van der Waals surface area (Å²) in [5.41, 5.74) is 0.881. The van der Waals surface area contributed by atoms with E-state index in [9.17, 15) is 14.4 Å². The Balaban J connectivity index is 1.93. The first-order valence-corrected chi connectivity index (χ1v) is 6.98. The van der Waals surface area contributed by atoms with Gasteiger partial charge >= 0.3 is 5.97 Å². The van der Waals surface area contributed by atoms with Crippen molar-refractivity contribution >= 4 is 23.5 Å². The third-order valence-corrected chi connectivity index (χ3v) is 3.15. The number of carbonyl (C=O) groups is 3. The van der Waals surface area contributed by atoms with Crippen molar-refractivity contribution in [3.8, 4) is 0 Å². The van der Waals surface area contributed by atoms with Crippen LogP contribution in [0.2, 0.25) is 0 Å². The first-order valence-electron chi connectivity index (χ1n) is 6.98. The van der Waals surface area contributed by atoms with Crippen LogP contribution in [0.5, 0.6) is 0 Å². The molecule has 1 fully saturated rings. The van der Waals surface area contributed by atoms with Gasteiger partial charge in [0.15, 0.2) is 0 Å². The lowest BCUT2D eigenvalue weighted by atomic mass is 10.1. The predicted octanol–water partition coefficient (Wildman–Crippen LogP) is 1.77. The number of hydrogen-bond acceptors (Lipinski definition) is 3. The zero-order valence-corrected chi connectivity index (χ0v) is 11.6. The maximum atomic E-state index is 12.1. The molecule has 6 heteroatoms. The fourth-order valence-corrected chi connectivity index (χ4v) is 1.89. The number of para-hydroxylation sites is 1. The fourth-order valence-electron chi connectivity index (χ4n) is 1.89. The number of aliphatic carboxylic acids is 1. The summed E-state index contributed by atoms with van der Waals surface area (Å²) in [7, 11) is 0. The van der Waals surface area contributed by atoms with Crippen LogP contribution >= 0.6 is 0 Å². The van der Waals surface area contributed by atoms with Crippen LogP contribution < -0.4 is 10.6 Å². The molecule has 0 radical (unpaired) electrons. The Hall–Kier alpha value is -2.37. The summed E-state index contributed by atoms with van der Waals surface area (Å²) in [5.74, 6) is -1.41. The normalized spacial score (nSPS) is 13.5. The van der Waals surface area contributed by atoms with Crippen LogP contribution in [0.1, 0.15) is 42.5 Å². The van der Waals surface area contributed by atoms with Crippen LogP contribution in [0.25, 0.3) is 0 Å². The molecule has 21 heavy (non-hydrogen) atoms. The van der Waals surface area contributed by atoms with E-state index in [4.69, 9.17) is 5.11 Å². The molecule has 0 saturated heterocycles. The number of rotatable bonds is 7. The summed E-state index contributed by atoms with van der Waals surface area (Å²) < 4.78 is 0. The third-order valence-electron chi connectivity index (χ3n) is 3.15. The molecule has 0 heterocycles. The molecule has 1 aliphatic carbocycles. The highest BCUT2D eigenvalue weighted by Gasteiger charge is 2.24. The molecule has 112 valence electrons. The maximum Gasteiger partial charge on any atom is 0.303 e. The zero-order chi connectivity index (χ0) is 15.2. The van der Waals surface area contributed by atoms with E-state index in [-0.39, 0.29) is 37.1 Å². The SMILES string of the molecule is O=C(O)CCCC(=O)Nc1ccccc1C(=O)NC1CC1. The van der Waals surface area contributed by atoms with Crippen molar-refractivity contribution in [3.05, 3.63) is 29.8 Å². The number of nitrogens with one attached hydrogen (secondary N) is 2. The molecule has 1 saturated carbocycles. The number of hydrogen-bond donors (Lipinski definition) is 3. The van der Waals surface area contributed by atoms with E-state index < -0.39 is 5.97 Å². The van der Waals surface area contributed by atoms with Gasteiger partial charge in [-0.1, -0.05) is 12.1 Å². The lowest BCUT2D eigenvalue weighted by Crippen LogP contribution is -2.27. The molecule has 2 amide bonds. The van der Waals surface area contributed by atoms with Gasteiger partial charge in [-0.3, -0.25) is 14.4 Å². The maximum absolute atomic E-state index is 12.1. The minimum atomic E-state index is -0.924. The third kappa shape index (κ3) is 4.91. The predicted molar refractivity (Wildman–Crippen MR) is 77.0 cm³/mol. The van der Waals surface area contributed by atoms with Gasteiger partial charge in [0.25, 0.3) is 5.91 Å². The van der Waals surface area contributed by atoms with Gasteiger partial charge in [-0.05, 0) is 31.4 Å². The second-order valence-electron chi connectivity index (χ2n) is 5.09. The first-order chi connectivity index (χ1) is 10.1. The van der Waals surface area contributed by atoms with Crippen LogP contribution in [0, 0.1) is 0 Å². The Morgan fingerprint density at radius 2 is 1.86 bits per heavy atom. The van der Waals surface area contributed by atoms with Crippen molar-refractivity contribution in [1.82, 2.24) is 5.32 Å². The van der Waals surface area contributed by atoms with Crippen LogP contribution in [0.15, 0.2) is 24.3 Å². The van der Waals surface area contributed by atoms with Crippen molar-refractivity contribution < 1.29 is 19.5 Å². The fraction of sp³-hybridized carbons (Fsp3) is 0.400. The van der Waals surface area contributed by atoms with Crippen LogP contribution in [-0.4, -0.2) is 28.9 Å². The highest BCUT2D eigenvalue weighted by Crippen LogP contribution is 2.21. The van der Waals surface area contributed by atoms with Gasteiger partial charge in [0, 0.05) is 18.9 Å². The van der Waals surface area contributed by atoms with Gasteiger partial charge in [0.2, 0.25) is 5.91 Å². The standard InChI is InChI=1S/C15H18N2O4/c18-13(6-3-7-14(19)20)17-12-5-2-1-4-11(12)15(21)16-10-8-9-10/h1-2,4-5,10H,3,6-9H2,(H,16,21)(H,17,18)(H,19,20). The highest BCUT2D eigenvalue weighted by atomic mass is 16.4. The van der Waals surface area contributed by atoms with Gasteiger partial charge < -0.3 is 15.7 Å². The van der Waals surface area contributed by atoms with Gasteiger partial charge in [0.1, 0.15) is 0 Å². The Labute approximate surface area is 122 Å². The van der Waals surface area contributed by atoms with Gasteiger partial charge in [-0.15, -0.1) is 0 Å². The number of anilines is 1. The highest BCUT2D eigenvalue weighted by molar-refractivity contribution is 6.03. The van der Waals surface area contributed by atoms with E-state index in [1.165, 1.54) is 0 Å². The Bertz CT molecular complexity index is 552. The Morgan fingerprint density at radius 1 is 1.14 bits per heavy atom. The van der Waals surface area contributed by atoms with Crippen LogP contribution in [0.3, 0.4) is 0 Å². The molecule has 6 nitrogen and oxygen atoms in total. The topological polar surface area (TPSA) is 95.5 Å². The molecular formula is C15H18N2O4. The average molecular weight is 290 g/mol. The van der Waals surface area contributed by atoms with Crippen molar-refractivity contribution in [2.45, 2.75) is 38.1 Å². The van der Waals surface area contributed by atoms with Gasteiger partial charge in [-0.25, -0.2) is 0 Å². The molecule has 1 aromatic rings. The largest absolute Gasteiger partial charge is 0.481 e. The van der Waals surface area contributed by atoms with Crippen molar-refractivity contribution in [2.24, 2.45) is 0 Å². The minimum Gasteiger partial charge on any atom is -0.481 e. The summed E-state index contributed by atoms with van der Waals surface area (Å²) in [6, 6.07) is 7.04. The van der Waals surface area contributed by atoms with Crippen molar-refractivity contribution in [2.75, 3.05) is 5.32 Å². The summed E-state index contributed by atoms with van der Waals surface area (Å²) in [4.78, 5) is 34.2. The summed E-state index contributed by atoms with van der Waals surface area (Å²) >= 11 is 0. The van der Waals surface area contributed by atoms with Crippen LogP contribution in [-0.2, 0) is 9.59 Å². The molecule has 3 N–H and O–H groups in total. The van der Waals surface area contributed by atoms with Crippen molar-refractivity contribution in [1.29, 1.82) is 0 Å². The number of amides is 2. The lowest BCUT2D eigenvalue weighted by molar-refractivity contribution is -0.137. The number of carbonyl (C=O) groups excluding carboxylic acids is 2. The Kier molecular flexibility index (Phi) is 4.92. The molecular weight excluding hydrogens is 272 g/mol. The smallest absolute Gasteiger partial charge is 0.303 e. The minimum absolute atomic E-state index is 0.0444. The van der Waals surface area contributed by atoms with E-state index in [1.807, 2.05) is 0 Å².